The second kappa shape index (κ2) is 15.5. The number of nitrogens with zero attached hydrogens (tertiary/aromatic N) is 5. The van der Waals surface area contributed by atoms with Gasteiger partial charge in [-0.05, 0) is 73.5 Å². The molecule has 256 valence electrons. The highest BCUT2D eigenvalue weighted by Gasteiger charge is 2.46. The number of fused-ring (bicyclic) bond motifs is 1. The fourth-order valence-electron chi connectivity index (χ4n) is 5.15. The quantitative estimate of drug-likeness (QED) is 0.159. The van der Waals surface area contributed by atoms with Gasteiger partial charge in [0, 0.05) is 18.8 Å². The van der Waals surface area contributed by atoms with Crippen molar-refractivity contribution < 1.29 is 31.1 Å². The summed E-state index contributed by atoms with van der Waals surface area (Å²) in [5.41, 5.74) is -3.35. The second-order valence-corrected chi connectivity index (χ2v) is 15.2. The van der Waals surface area contributed by atoms with Crippen molar-refractivity contribution in [2.45, 2.75) is 93.0 Å². The number of azo groups is 1. The minimum absolute atomic E-state index is 0.0891. The van der Waals surface area contributed by atoms with Crippen LogP contribution >= 0.6 is 0 Å². The summed E-state index contributed by atoms with van der Waals surface area (Å²) >= 11 is 0. The van der Waals surface area contributed by atoms with Gasteiger partial charge in [0.2, 0.25) is 0 Å². The van der Waals surface area contributed by atoms with Gasteiger partial charge in [0.05, 0.1) is 23.7 Å². The van der Waals surface area contributed by atoms with Gasteiger partial charge in [0.15, 0.2) is 0 Å². The molecule has 3 rings (SSSR count). The lowest BCUT2D eigenvalue weighted by atomic mass is 9.98. The molecular weight excluding hydrogens is 621 g/mol. The first-order chi connectivity index (χ1) is 21.4. The summed E-state index contributed by atoms with van der Waals surface area (Å²) in [5, 5.41) is 8.38. The van der Waals surface area contributed by atoms with Crippen molar-refractivity contribution in [2.75, 3.05) is 29.3 Å². The highest BCUT2D eigenvalue weighted by molar-refractivity contribution is 7.93. The topological polar surface area (TPSA) is 126 Å². The maximum absolute atomic E-state index is 13.4. The summed E-state index contributed by atoms with van der Waals surface area (Å²) < 4.78 is 72.0. The molecule has 10 nitrogen and oxygen atoms in total. The molecule has 0 unspecified atom stereocenters. The van der Waals surface area contributed by atoms with E-state index in [1.807, 2.05) is 60.3 Å². The van der Waals surface area contributed by atoms with Crippen LogP contribution in [0.1, 0.15) is 95.5 Å². The van der Waals surface area contributed by atoms with E-state index in [0.717, 1.165) is 12.0 Å². The first-order valence-electron chi connectivity index (χ1n) is 15.9. The van der Waals surface area contributed by atoms with E-state index in [1.165, 1.54) is 6.07 Å². The number of hydrogen-bond acceptors (Lipinski definition) is 9. The number of carbonyl (C=O) groups excluding carboxylic acids is 1. The summed E-state index contributed by atoms with van der Waals surface area (Å²) in [6.45, 7) is 17.6. The lowest BCUT2D eigenvalue weighted by Crippen LogP contribution is -2.33. The van der Waals surface area contributed by atoms with E-state index < -0.39 is 21.5 Å². The molecule has 0 aliphatic carbocycles. The van der Waals surface area contributed by atoms with Crippen molar-refractivity contribution in [3.8, 4) is 0 Å². The number of aromatic nitrogens is 2. The molecule has 1 aromatic carbocycles. The number of alkyl halides is 3. The number of sulfonamides is 1. The van der Waals surface area contributed by atoms with Gasteiger partial charge in [-0.3, -0.25) is 4.72 Å². The predicted molar refractivity (Wildman–Crippen MR) is 173 cm³/mol. The Morgan fingerprint density at radius 3 is 2.09 bits per heavy atom. The minimum Gasteiger partial charge on any atom is -0.462 e. The van der Waals surface area contributed by atoms with Crippen LogP contribution in [-0.4, -0.2) is 49.6 Å². The first kappa shape index (κ1) is 37.2. The van der Waals surface area contributed by atoms with Crippen molar-refractivity contribution >= 4 is 39.0 Å². The summed E-state index contributed by atoms with van der Waals surface area (Å²) in [6.07, 6.45) is 3.00. The average molecular weight is 669 g/mol. The molecule has 2 heterocycles. The molecule has 0 radical (unpaired) electrons. The summed E-state index contributed by atoms with van der Waals surface area (Å²) in [5.74, 6) is 0.254. The highest BCUT2D eigenvalue weighted by atomic mass is 32.2. The van der Waals surface area contributed by atoms with Crippen molar-refractivity contribution in [1.29, 1.82) is 0 Å². The third-order valence-electron chi connectivity index (χ3n) is 7.18. The third-order valence-corrected chi connectivity index (χ3v) is 8.27. The molecule has 0 saturated heterocycles. The number of ether oxygens (including phenoxy) is 1. The summed E-state index contributed by atoms with van der Waals surface area (Å²) in [7, 11) is -5.74. The smallest absolute Gasteiger partial charge is 0.462 e. The van der Waals surface area contributed by atoms with Crippen molar-refractivity contribution in [1.82, 2.24) is 9.97 Å². The van der Waals surface area contributed by atoms with Gasteiger partial charge in [-0.15, -0.1) is 10.2 Å². The van der Waals surface area contributed by atoms with Crippen LogP contribution in [0.15, 0.2) is 22.4 Å². The first-order valence-corrected chi connectivity index (χ1v) is 17.4. The van der Waals surface area contributed by atoms with Gasteiger partial charge in [-0.2, -0.15) is 21.6 Å². The third kappa shape index (κ3) is 10.1. The molecule has 1 aromatic heterocycles. The Morgan fingerprint density at radius 1 is 0.957 bits per heavy atom. The summed E-state index contributed by atoms with van der Waals surface area (Å²) in [6, 6.07) is 2.95. The number of esters is 1. The Labute approximate surface area is 270 Å². The Balaban J connectivity index is 2.15. The fourth-order valence-corrected chi connectivity index (χ4v) is 5.71. The van der Waals surface area contributed by atoms with E-state index in [9.17, 15) is 26.4 Å². The second-order valence-electron chi connectivity index (χ2n) is 13.5. The number of halogens is 3. The number of nitrogens with one attached hydrogen (secondary N) is 1. The number of hydrogen-bond donors (Lipinski definition) is 1. The van der Waals surface area contributed by atoms with Crippen LogP contribution in [0.2, 0.25) is 0 Å². The fraction of sp³-hybridized carbons (Fsp3) is 0.656. The number of benzene rings is 1. The zero-order valence-corrected chi connectivity index (χ0v) is 28.8. The average Bonchev–Trinajstić information content (AvgIpc) is 2.90. The Hall–Kier alpha value is -3.29. The number of aryl methyl sites for hydroxylation is 1. The van der Waals surface area contributed by atoms with E-state index >= 15 is 0 Å². The molecule has 0 bridgehead atoms. The standard InChI is InChI=1S/C32H47F3N6O4S/c1-19(2)11-13-45-30(42)29-26(14-20(3)4)36-31(37-27(29)15-21(5)6)39-38-24-16-23-10-9-12-41(18-22(7)8)28(23)17-25(24)40-46(43,44)32(33,34)35/h16-17,19-22,40H,9-15,18H2,1-8H3. The molecular formula is C32H47F3N6O4S. The lowest BCUT2D eigenvalue weighted by Gasteiger charge is -2.33. The number of anilines is 2. The van der Waals surface area contributed by atoms with E-state index in [0.29, 0.717) is 67.3 Å². The molecule has 0 fully saturated rings. The van der Waals surface area contributed by atoms with Gasteiger partial charge in [-0.25, -0.2) is 14.8 Å². The van der Waals surface area contributed by atoms with Crippen LogP contribution in [0.25, 0.3) is 0 Å². The van der Waals surface area contributed by atoms with Crippen molar-refractivity contribution in [3.63, 3.8) is 0 Å². The van der Waals surface area contributed by atoms with Crippen LogP contribution in [-0.2, 0) is 34.0 Å². The van der Waals surface area contributed by atoms with Crippen LogP contribution in [0.4, 0.5) is 36.2 Å². The predicted octanol–water partition coefficient (Wildman–Crippen LogP) is 8.16. The molecule has 0 atom stereocenters. The number of rotatable bonds is 14. The van der Waals surface area contributed by atoms with E-state index in [-0.39, 0.29) is 41.7 Å². The lowest BCUT2D eigenvalue weighted by molar-refractivity contribution is -0.0429. The van der Waals surface area contributed by atoms with Crippen LogP contribution in [0, 0.1) is 23.7 Å². The summed E-state index contributed by atoms with van der Waals surface area (Å²) in [4.78, 5) is 24.4. The van der Waals surface area contributed by atoms with Gasteiger partial charge in [-0.1, -0.05) is 55.4 Å². The molecule has 46 heavy (non-hydrogen) atoms. The molecule has 1 N–H and O–H groups in total. The van der Waals surface area contributed by atoms with Crippen molar-refractivity contribution in [2.24, 2.45) is 33.9 Å². The monoisotopic (exact) mass is 668 g/mol. The molecule has 1 aliphatic rings. The molecule has 0 spiro atoms. The Bertz CT molecular complexity index is 1480. The van der Waals surface area contributed by atoms with E-state index in [1.54, 1.807) is 10.8 Å². The normalized spacial score (nSPS) is 14.2. The van der Waals surface area contributed by atoms with Crippen LogP contribution in [0.3, 0.4) is 0 Å². The molecule has 2 aromatic rings. The highest BCUT2D eigenvalue weighted by Crippen LogP contribution is 2.40. The van der Waals surface area contributed by atoms with Gasteiger partial charge < -0.3 is 9.64 Å². The Morgan fingerprint density at radius 2 is 1.57 bits per heavy atom. The van der Waals surface area contributed by atoms with Crippen molar-refractivity contribution in [3.05, 3.63) is 34.6 Å². The minimum atomic E-state index is -5.74. The molecule has 14 heteroatoms. The largest absolute Gasteiger partial charge is 0.516 e. The van der Waals surface area contributed by atoms with Gasteiger partial charge in [0.25, 0.3) is 5.95 Å². The molecule has 0 saturated carbocycles. The van der Waals surface area contributed by atoms with Crippen LogP contribution < -0.4 is 9.62 Å². The van der Waals surface area contributed by atoms with E-state index in [4.69, 9.17) is 4.74 Å². The zero-order chi connectivity index (χ0) is 34.4. The van der Waals surface area contributed by atoms with Crippen LogP contribution in [0.5, 0.6) is 0 Å². The van der Waals surface area contributed by atoms with Gasteiger partial charge in [0.1, 0.15) is 11.3 Å². The zero-order valence-electron chi connectivity index (χ0n) is 28.0. The van der Waals surface area contributed by atoms with Gasteiger partial charge >= 0.3 is 21.5 Å². The SMILES string of the molecule is CC(C)CCOC(=O)c1c(CC(C)C)nc(N=Nc2cc3c(cc2NS(=O)(=O)C(F)(F)F)N(CC(C)C)CCC3)nc1CC(C)C. The number of carbonyl (C=O) groups is 1. The maximum atomic E-state index is 13.4. The van der Waals surface area contributed by atoms with E-state index in [2.05, 4.69) is 20.2 Å². The molecule has 1 aliphatic heterocycles. The molecule has 0 amide bonds. The maximum Gasteiger partial charge on any atom is 0.516 e. The Kier molecular flexibility index (Phi) is 12.6.